The topological polar surface area (TPSA) is 84.7 Å². The van der Waals surface area contributed by atoms with E-state index in [-0.39, 0.29) is 25.4 Å². The molecule has 6 nitrogen and oxygen atoms in total. The van der Waals surface area contributed by atoms with E-state index in [0.29, 0.717) is 28.4 Å². The number of nitrogens with two attached hydrogens (primary N) is 1. The number of carbonyl (C=O) groups is 2. The lowest BCUT2D eigenvalue weighted by molar-refractivity contribution is -0.138. The summed E-state index contributed by atoms with van der Waals surface area (Å²) in [7, 11) is 0. The zero-order valence-electron chi connectivity index (χ0n) is 25.6. The van der Waals surface area contributed by atoms with Gasteiger partial charge >= 0.3 is 0 Å². The van der Waals surface area contributed by atoms with E-state index in [0.717, 1.165) is 23.1 Å². The van der Waals surface area contributed by atoms with Gasteiger partial charge in [-0.25, -0.2) is 4.39 Å². The van der Waals surface area contributed by atoms with E-state index < -0.39 is 23.9 Å². The summed E-state index contributed by atoms with van der Waals surface area (Å²) in [5.74, 6) is -1.19. The number of fused-ring (bicyclic) bond motifs is 4. The van der Waals surface area contributed by atoms with E-state index in [1.807, 2.05) is 48.5 Å². The highest BCUT2D eigenvalue weighted by atomic mass is 35.5. The number of carbonyl (C=O) groups excluding carboxylic acids is 2. The van der Waals surface area contributed by atoms with Crippen LogP contribution in [0.3, 0.4) is 0 Å². The third kappa shape index (κ3) is 6.30. The smallest absolute Gasteiger partial charge is 0.257 e. The third-order valence-electron chi connectivity index (χ3n) is 8.90. The summed E-state index contributed by atoms with van der Waals surface area (Å²) >= 11 is 6.55. The van der Waals surface area contributed by atoms with Crippen molar-refractivity contribution in [2.45, 2.75) is 44.7 Å². The van der Waals surface area contributed by atoms with Crippen LogP contribution in [0.4, 0.5) is 10.1 Å². The van der Waals surface area contributed by atoms with Gasteiger partial charge in [-0.15, -0.1) is 0 Å². The summed E-state index contributed by atoms with van der Waals surface area (Å²) in [5.41, 5.74) is 15.3. The highest BCUT2D eigenvalue weighted by Gasteiger charge is 2.38. The molecule has 0 fully saturated rings. The van der Waals surface area contributed by atoms with Crippen LogP contribution in [0.15, 0.2) is 109 Å². The lowest BCUT2D eigenvalue weighted by atomic mass is 9.97. The molecular weight excluding hydrogens is 613 g/mol. The van der Waals surface area contributed by atoms with Crippen molar-refractivity contribution in [3.63, 3.8) is 0 Å². The third-order valence-corrected chi connectivity index (χ3v) is 9.13. The van der Waals surface area contributed by atoms with Crippen LogP contribution < -0.4 is 16.0 Å². The number of ether oxygens (including phenoxy) is 1. The van der Waals surface area contributed by atoms with E-state index in [1.54, 1.807) is 29.2 Å². The van der Waals surface area contributed by atoms with Gasteiger partial charge in [0.05, 0.1) is 18.7 Å². The molecule has 2 aliphatic rings. The lowest BCUT2D eigenvalue weighted by Crippen LogP contribution is -2.41. The Hall–Kier alpha value is -4.82. The van der Waals surface area contributed by atoms with Gasteiger partial charge in [0.1, 0.15) is 18.0 Å². The van der Waals surface area contributed by atoms with Crippen molar-refractivity contribution < 1.29 is 18.7 Å². The number of nitrogens with zero attached hydrogens (tertiary/aromatic N) is 1. The fraction of sp³-hybridized carbons (Fsp3) is 0.179. The van der Waals surface area contributed by atoms with Crippen LogP contribution in [0.25, 0.3) is 11.1 Å². The molecule has 3 N–H and O–H groups in total. The summed E-state index contributed by atoms with van der Waals surface area (Å²) in [6.07, 6.45) is -1.26. The molecule has 0 aromatic heterocycles. The zero-order chi connectivity index (χ0) is 32.5. The number of hydrogen-bond donors (Lipinski definition) is 2. The van der Waals surface area contributed by atoms with Gasteiger partial charge in [-0.2, -0.15) is 0 Å². The molecule has 1 aliphatic heterocycles. The van der Waals surface area contributed by atoms with E-state index in [9.17, 15) is 14.0 Å². The Bertz CT molecular complexity index is 2000. The summed E-state index contributed by atoms with van der Waals surface area (Å²) in [4.78, 5) is 29.5. The maximum absolute atomic E-state index is 14.5. The number of hydrogen-bond acceptors (Lipinski definition) is 4. The number of anilines is 1. The Kier molecular flexibility index (Phi) is 8.60. The molecule has 0 radical (unpaired) electrons. The molecule has 47 heavy (non-hydrogen) atoms. The molecule has 0 saturated carbocycles. The van der Waals surface area contributed by atoms with Crippen molar-refractivity contribution >= 4 is 29.1 Å². The predicted molar refractivity (Wildman–Crippen MR) is 181 cm³/mol. The molecule has 0 saturated heterocycles. The normalized spacial score (nSPS) is 16.7. The maximum atomic E-state index is 14.5. The highest BCUT2D eigenvalue weighted by molar-refractivity contribution is 6.30. The average Bonchev–Trinajstić information content (AvgIpc) is 3.41. The quantitative estimate of drug-likeness (QED) is 0.183. The molecule has 1 aliphatic carbocycles. The number of halogens is 2. The van der Waals surface area contributed by atoms with E-state index in [1.165, 1.54) is 28.3 Å². The molecule has 236 valence electrons. The number of nitrogens with one attached hydrogen (secondary N) is 1. The van der Waals surface area contributed by atoms with E-state index in [4.69, 9.17) is 22.1 Å². The number of rotatable bonds is 8. The first kappa shape index (κ1) is 30.8. The first-order valence-electron chi connectivity index (χ1n) is 15.6. The Morgan fingerprint density at radius 3 is 2.55 bits per heavy atom. The van der Waals surface area contributed by atoms with Gasteiger partial charge in [0, 0.05) is 29.2 Å². The minimum Gasteiger partial charge on any atom is -0.355 e. The summed E-state index contributed by atoms with van der Waals surface area (Å²) in [6, 6.07) is 34.1. The summed E-state index contributed by atoms with van der Waals surface area (Å²) in [5, 5.41) is 3.26. The van der Waals surface area contributed by atoms with Gasteiger partial charge in [0.2, 0.25) is 5.91 Å². The molecule has 0 spiro atoms. The second kappa shape index (κ2) is 13.1. The minimum atomic E-state index is -1.13. The van der Waals surface area contributed by atoms with Crippen LogP contribution in [0, 0.1) is 5.82 Å². The highest BCUT2D eigenvalue weighted by Crippen LogP contribution is 2.42. The van der Waals surface area contributed by atoms with Crippen LogP contribution in [0.2, 0.25) is 5.02 Å². The SMILES string of the molecule is NCc1cccc(C2OC(CC(=O)NCc3ccccc3F)C(=O)N(Cc3ccc4c(c3)Cc3ccccc3-4)c3ccc(Cl)cc32)c1. The molecule has 0 bridgehead atoms. The van der Waals surface area contributed by atoms with Crippen LogP contribution in [0.1, 0.15) is 51.5 Å². The summed E-state index contributed by atoms with van der Waals surface area (Å²) < 4.78 is 20.9. The van der Waals surface area contributed by atoms with Gasteiger partial charge in [-0.3, -0.25) is 9.59 Å². The van der Waals surface area contributed by atoms with Crippen LogP contribution in [-0.4, -0.2) is 17.9 Å². The van der Waals surface area contributed by atoms with E-state index in [2.05, 4.69) is 35.6 Å². The Morgan fingerprint density at radius 1 is 0.894 bits per heavy atom. The first-order valence-corrected chi connectivity index (χ1v) is 16.0. The van der Waals surface area contributed by atoms with Gasteiger partial charge < -0.3 is 20.7 Å². The molecular formula is C39H33ClFN3O3. The number of amides is 2. The standard InChI is InChI=1S/C39H33ClFN3O3/c40-30-13-15-35-33(19-30)38(27-9-5-6-24(16-27)21-42)47-36(20-37(45)43-22-28-8-2-4-11-34(28)41)39(46)44(35)23-25-12-14-32-29(17-25)18-26-7-1-3-10-31(26)32/h1-17,19,36,38H,18,20-23,42H2,(H,43,45). The second-order valence-electron chi connectivity index (χ2n) is 12.0. The Labute approximate surface area is 277 Å². The molecule has 2 amide bonds. The molecule has 2 atom stereocenters. The van der Waals surface area contributed by atoms with Crippen LogP contribution in [-0.2, 0) is 40.4 Å². The molecule has 7 rings (SSSR count). The minimum absolute atomic E-state index is 0.00848. The Balaban J connectivity index is 1.24. The van der Waals surface area contributed by atoms with Crippen LogP contribution in [0.5, 0.6) is 0 Å². The van der Waals surface area contributed by atoms with Crippen molar-refractivity contribution in [1.82, 2.24) is 5.32 Å². The van der Waals surface area contributed by atoms with Gasteiger partial charge in [0.25, 0.3) is 5.91 Å². The largest absolute Gasteiger partial charge is 0.355 e. The molecule has 5 aromatic carbocycles. The van der Waals surface area contributed by atoms with Crippen molar-refractivity contribution in [2.24, 2.45) is 5.73 Å². The molecule has 2 unspecified atom stereocenters. The summed E-state index contributed by atoms with van der Waals surface area (Å²) in [6.45, 7) is 0.590. The molecule has 1 heterocycles. The van der Waals surface area contributed by atoms with Gasteiger partial charge in [0.15, 0.2) is 0 Å². The maximum Gasteiger partial charge on any atom is 0.257 e. The number of benzene rings is 5. The predicted octanol–water partition coefficient (Wildman–Crippen LogP) is 7.24. The van der Waals surface area contributed by atoms with Crippen LogP contribution >= 0.6 is 11.6 Å². The Morgan fingerprint density at radius 2 is 1.70 bits per heavy atom. The van der Waals surface area contributed by atoms with Crippen molar-refractivity contribution in [2.75, 3.05) is 4.90 Å². The van der Waals surface area contributed by atoms with Gasteiger partial charge in [-0.1, -0.05) is 96.5 Å². The fourth-order valence-electron chi connectivity index (χ4n) is 6.56. The van der Waals surface area contributed by atoms with Gasteiger partial charge in [-0.05, 0) is 69.6 Å². The molecule has 8 heteroatoms. The monoisotopic (exact) mass is 645 g/mol. The average molecular weight is 646 g/mol. The van der Waals surface area contributed by atoms with Crippen molar-refractivity contribution in [3.8, 4) is 11.1 Å². The fourth-order valence-corrected chi connectivity index (χ4v) is 6.75. The molecule has 5 aromatic rings. The van der Waals surface area contributed by atoms with Crippen molar-refractivity contribution in [3.05, 3.63) is 159 Å². The second-order valence-corrected chi connectivity index (χ2v) is 12.4. The van der Waals surface area contributed by atoms with Crippen molar-refractivity contribution in [1.29, 1.82) is 0 Å². The van der Waals surface area contributed by atoms with E-state index >= 15 is 0 Å². The zero-order valence-corrected chi connectivity index (χ0v) is 26.3. The first-order chi connectivity index (χ1) is 22.9. The lowest BCUT2D eigenvalue weighted by Gasteiger charge is -2.25.